The Kier molecular flexibility index (Phi) is 2.99. The van der Waals surface area contributed by atoms with Crippen molar-refractivity contribution in [2.24, 2.45) is 0 Å². The smallest absolute Gasteiger partial charge is 0.335 e. The number of fused-ring (bicyclic) bond motifs is 1. The summed E-state index contributed by atoms with van der Waals surface area (Å²) in [6.07, 6.45) is 1.82. The normalized spacial score (nSPS) is 13.2. The summed E-state index contributed by atoms with van der Waals surface area (Å²) >= 11 is 0. The Morgan fingerprint density at radius 3 is 2.65 bits per heavy atom. The van der Waals surface area contributed by atoms with Crippen molar-refractivity contribution >= 4 is 11.5 Å². The lowest BCUT2D eigenvalue weighted by Gasteiger charge is -2.20. The molecule has 4 heteroatoms. The van der Waals surface area contributed by atoms with Gasteiger partial charge in [0.05, 0.1) is 5.56 Å². The number of carboxylic acid groups (broad SMARTS) is 1. The van der Waals surface area contributed by atoms with Gasteiger partial charge in [0.1, 0.15) is 6.61 Å². The fraction of sp³-hybridized carbons (Fsp3) is 0.0625. The second-order valence-electron chi connectivity index (χ2n) is 4.43. The van der Waals surface area contributed by atoms with E-state index in [0.717, 1.165) is 17.2 Å². The number of rotatable bonds is 2. The predicted octanol–water partition coefficient (Wildman–Crippen LogP) is 3.35. The van der Waals surface area contributed by atoms with Gasteiger partial charge >= 0.3 is 5.97 Å². The van der Waals surface area contributed by atoms with Crippen molar-refractivity contribution in [2.45, 2.75) is 0 Å². The molecule has 0 saturated carbocycles. The van der Waals surface area contributed by atoms with Crippen LogP contribution >= 0.6 is 0 Å². The fourth-order valence-corrected chi connectivity index (χ4v) is 2.27. The Bertz CT molecular complexity index is 705. The number of hydrogen-bond acceptors (Lipinski definition) is 2. The molecule has 2 aromatic rings. The molecule has 20 heavy (non-hydrogen) atoms. The lowest BCUT2D eigenvalue weighted by Crippen LogP contribution is -2.09. The van der Waals surface area contributed by atoms with E-state index in [1.165, 1.54) is 6.07 Å². The molecule has 0 unspecified atom stereocenters. The fourth-order valence-electron chi connectivity index (χ4n) is 2.27. The largest absolute Gasteiger partial charge is 0.486 e. The monoisotopic (exact) mass is 270 g/mol. The van der Waals surface area contributed by atoms with Gasteiger partial charge in [-0.3, -0.25) is 0 Å². The Labute approximate surface area is 114 Å². The molecule has 0 spiro atoms. The van der Waals surface area contributed by atoms with E-state index in [9.17, 15) is 9.18 Å². The summed E-state index contributed by atoms with van der Waals surface area (Å²) in [4.78, 5) is 11.1. The van der Waals surface area contributed by atoms with E-state index in [1.807, 2.05) is 36.4 Å². The third-order valence-corrected chi connectivity index (χ3v) is 3.18. The zero-order valence-electron chi connectivity index (χ0n) is 10.5. The first-order valence-electron chi connectivity index (χ1n) is 6.12. The zero-order valence-corrected chi connectivity index (χ0v) is 10.5. The minimum absolute atomic E-state index is 0.0893. The average molecular weight is 270 g/mol. The van der Waals surface area contributed by atoms with Crippen LogP contribution in [0.25, 0.3) is 5.57 Å². The Morgan fingerprint density at radius 1 is 1.20 bits per heavy atom. The van der Waals surface area contributed by atoms with Gasteiger partial charge in [0, 0.05) is 5.56 Å². The summed E-state index contributed by atoms with van der Waals surface area (Å²) in [6.45, 7) is 0.264. The molecule has 3 rings (SSSR count). The second kappa shape index (κ2) is 4.81. The van der Waals surface area contributed by atoms with Gasteiger partial charge in [0.15, 0.2) is 11.6 Å². The second-order valence-corrected chi connectivity index (χ2v) is 4.43. The molecule has 0 atom stereocenters. The van der Waals surface area contributed by atoms with Gasteiger partial charge in [0.2, 0.25) is 0 Å². The minimum Gasteiger partial charge on any atom is -0.486 e. The van der Waals surface area contributed by atoms with Crippen LogP contribution < -0.4 is 4.74 Å². The quantitative estimate of drug-likeness (QED) is 0.910. The number of ether oxygens (including phenoxy) is 1. The Hall–Kier alpha value is -2.62. The molecule has 0 saturated heterocycles. The lowest BCUT2D eigenvalue weighted by atomic mass is 9.94. The number of carbonyl (C=O) groups is 1. The van der Waals surface area contributed by atoms with E-state index in [-0.39, 0.29) is 17.9 Å². The maximum atomic E-state index is 14.0. The van der Waals surface area contributed by atoms with Gasteiger partial charge in [0.25, 0.3) is 0 Å². The van der Waals surface area contributed by atoms with Crippen LogP contribution in [0.3, 0.4) is 0 Å². The van der Waals surface area contributed by atoms with Crippen LogP contribution in [0.15, 0.2) is 48.5 Å². The first-order chi connectivity index (χ1) is 9.66. The zero-order chi connectivity index (χ0) is 14.1. The molecule has 0 bridgehead atoms. The highest BCUT2D eigenvalue weighted by atomic mass is 19.1. The molecule has 1 N–H and O–H groups in total. The van der Waals surface area contributed by atoms with Gasteiger partial charge in [-0.25, -0.2) is 9.18 Å². The van der Waals surface area contributed by atoms with E-state index in [0.29, 0.717) is 5.56 Å². The summed E-state index contributed by atoms with van der Waals surface area (Å²) < 4.78 is 19.3. The van der Waals surface area contributed by atoms with Crippen LogP contribution in [0, 0.1) is 5.82 Å². The van der Waals surface area contributed by atoms with Crippen molar-refractivity contribution in [3.63, 3.8) is 0 Å². The molecule has 0 fully saturated rings. The van der Waals surface area contributed by atoms with E-state index in [1.54, 1.807) is 0 Å². The van der Waals surface area contributed by atoms with Crippen LogP contribution in [0.2, 0.25) is 0 Å². The Balaban J connectivity index is 2.19. The number of halogens is 1. The Morgan fingerprint density at radius 2 is 1.95 bits per heavy atom. The van der Waals surface area contributed by atoms with E-state index < -0.39 is 11.8 Å². The maximum absolute atomic E-state index is 14.0. The third-order valence-electron chi connectivity index (χ3n) is 3.18. The van der Waals surface area contributed by atoms with Gasteiger partial charge in [-0.1, -0.05) is 30.3 Å². The lowest BCUT2D eigenvalue weighted by molar-refractivity contribution is 0.0696. The van der Waals surface area contributed by atoms with Crippen molar-refractivity contribution in [1.82, 2.24) is 0 Å². The molecule has 0 radical (unpaired) electrons. The van der Waals surface area contributed by atoms with E-state index >= 15 is 0 Å². The molecular weight excluding hydrogens is 259 g/mol. The van der Waals surface area contributed by atoms with Gasteiger partial charge in [-0.05, 0) is 29.3 Å². The highest BCUT2D eigenvalue weighted by molar-refractivity contribution is 5.92. The van der Waals surface area contributed by atoms with Crippen LogP contribution in [0.4, 0.5) is 4.39 Å². The number of benzene rings is 2. The SMILES string of the molecule is O=C(O)c1cc(F)c2c(c1)C(c1ccccc1)=CCO2. The molecule has 2 aromatic carbocycles. The molecule has 3 nitrogen and oxygen atoms in total. The summed E-state index contributed by atoms with van der Waals surface area (Å²) in [5.41, 5.74) is 2.07. The van der Waals surface area contributed by atoms with Crippen LogP contribution in [0.1, 0.15) is 21.5 Å². The number of aromatic carboxylic acids is 1. The van der Waals surface area contributed by atoms with Crippen molar-refractivity contribution in [3.8, 4) is 5.75 Å². The average Bonchev–Trinajstić information content (AvgIpc) is 2.47. The predicted molar refractivity (Wildman–Crippen MR) is 72.4 cm³/mol. The first-order valence-corrected chi connectivity index (χ1v) is 6.12. The van der Waals surface area contributed by atoms with Crippen LogP contribution in [-0.4, -0.2) is 17.7 Å². The van der Waals surface area contributed by atoms with Crippen LogP contribution in [0.5, 0.6) is 5.75 Å². The van der Waals surface area contributed by atoms with Gasteiger partial charge in [-0.2, -0.15) is 0 Å². The van der Waals surface area contributed by atoms with Crippen molar-refractivity contribution < 1.29 is 19.0 Å². The first kappa shape index (κ1) is 12.4. The molecule has 0 amide bonds. The van der Waals surface area contributed by atoms with Crippen molar-refractivity contribution in [2.75, 3.05) is 6.61 Å². The van der Waals surface area contributed by atoms with E-state index in [4.69, 9.17) is 9.84 Å². The molecule has 0 aliphatic carbocycles. The summed E-state index contributed by atoms with van der Waals surface area (Å²) in [5, 5.41) is 9.04. The molecular formula is C16H11FO3. The van der Waals surface area contributed by atoms with Crippen molar-refractivity contribution in [3.05, 3.63) is 71.0 Å². The standard InChI is InChI=1S/C16H11FO3/c17-14-9-11(16(18)19)8-13-12(6-7-20-15(13)14)10-4-2-1-3-5-10/h1-6,8-9H,7H2,(H,18,19). The molecule has 100 valence electrons. The summed E-state index contributed by atoms with van der Waals surface area (Å²) in [5.74, 6) is -1.71. The highest BCUT2D eigenvalue weighted by Gasteiger charge is 2.21. The molecule has 1 aliphatic heterocycles. The topological polar surface area (TPSA) is 46.5 Å². The van der Waals surface area contributed by atoms with Gasteiger partial charge < -0.3 is 9.84 Å². The maximum Gasteiger partial charge on any atom is 0.335 e. The molecule has 1 heterocycles. The number of carboxylic acids is 1. The highest BCUT2D eigenvalue weighted by Crippen LogP contribution is 2.36. The van der Waals surface area contributed by atoms with Gasteiger partial charge in [-0.15, -0.1) is 0 Å². The third kappa shape index (κ3) is 2.05. The molecule has 0 aromatic heterocycles. The summed E-state index contributed by atoms with van der Waals surface area (Å²) in [7, 11) is 0. The van der Waals surface area contributed by atoms with E-state index in [2.05, 4.69) is 0 Å². The number of hydrogen-bond donors (Lipinski definition) is 1. The summed E-state index contributed by atoms with van der Waals surface area (Å²) in [6, 6.07) is 11.9. The molecule has 1 aliphatic rings. The van der Waals surface area contributed by atoms with Crippen LogP contribution in [-0.2, 0) is 0 Å². The minimum atomic E-state index is -1.16. The van der Waals surface area contributed by atoms with Crippen molar-refractivity contribution in [1.29, 1.82) is 0 Å².